The van der Waals surface area contributed by atoms with E-state index in [4.69, 9.17) is 28.4 Å². The molecule has 9 fully saturated rings. The van der Waals surface area contributed by atoms with E-state index in [0.717, 1.165) is 161 Å². The molecule has 6 bridgehead atoms. The zero-order valence-electron chi connectivity index (χ0n) is 47.1. The molecule has 0 aromatic carbocycles. The van der Waals surface area contributed by atoms with Crippen LogP contribution in [0.15, 0.2) is 0 Å². The van der Waals surface area contributed by atoms with Gasteiger partial charge in [-0.05, 0) is 206 Å². The van der Waals surface area contributed by atoms with Gasteiger partial charge in [0.05, 0.1) is 35.0 Å². The van der Waals surface area contributed by atoms with Crippen molar-refractivity contribution in [2.75, 3.05) is 0 Å². The number of carbonyl (C=O) groups excluding carboxylic acids is 6. The summed E-state index contributed by atoms with van der Waals surface area (Å²) in [5.74, 6) is 1.22. The smallest absolute Gasteiger partial charge is 0.311 e. The zero-order valence-corrected chi connectivity index (χ0v) is 47.1. The molecule has 0 aromatic rings. The number of fused-ring (bicyclic) bond motifs is 6. The SMILES string of the molecule is C.C.C.C.C.C.CCC(C)(C)C(=O)OC1CC2CC(C(=O)OC3(C)CCCC3)C1C2.CCC(C)C(=O)OC1CC2CC(C(=O)OC3(C)CCCCC3)C1C2.CCC(C)C(=O)OC1CC2CC(C(=O)OC3(CC)CCCCC3)C1C2. The zero-order chi connectivity index (χ0) is 52.9. The number of ether oxygens (including phenoxy) is 6. The lowest BCUT2D eigenvalue weighted by Gasteiger charge is -2.38. The van der Waals surface area contributed by atoms with Gasteiger partial charge in [0, 0.05) is 17.8 Å². The summed E-state index contributed by atoms with van der Waals surface area (Å²) >= 11 is 0. The third-order valence-electron chi connectivity index (χ3n) is 20.4. The third-order valence-corrected chi connectivity index (χ3v) is 20.4. The summed E-state index contributed by atoms with van der Waals surface area (Å²) in [6.45, 7) is 20.0. The first-order valence-corrected chi connectivity index (χ1v) is 29.9. The summed E-state index contributed by atoms with van der Waals surface area (Å²) in [5, 5.41) is 0. The maximum atomic E-state index is 12.9. The van der Waals surface area contributed by atoms with Gasteiger partial charge < -0.3 is 28.4 Å². The molecule has 0 spiro atoms. The van der Waals surface area contributed by atoms with E-state index in [1.165, 1.54) is 12.8 Å². The lowest BCUT2D eigenvalue weighted by Crippen LogP contribution is -2.41. The molecule has 0 aromatic heterocycles. The first-order valence-electron chi connectivity index (χ1n) is 29.9. The number of esters is 6. The van der Waals surface area contributed by atoms with Crippen molar-refractivity contribution in [3.8, 4) is 0 Å². The first kappa shape index (κ1) is 73.8. The van der Waals surface area contributed by atoms with Crippen LogP contribution in [-0.4, -0.2) is 70.9 Å². The van der Waals surface area contributed by atoms with Gasteiger partial charge >= 0.3 is 35.8 Å². The summed E-state index contributed by atoms with van der Waals surface area (Å²) in [7, 11) is 0. The van der Waals surface area contributed by atoms with Crippen LogP contribution < -0.4 is 0 Å². The van der Waals surface area contributed by atoms with Crippen molar-refractivity contribution in [1.29, 1.82) is 0 Å². The van der Waals surface area contributed by atoms with Crippen molar-refractivity contribution in [3.05, 3.63) is 0 Å². The highest BCUT2D eigenvalue weighted by Crippen LogP contribution is 2.54. The second-order valence-electron chi connectivity index (χ2n) is 26.3. The van der Waals surface area contributed by atoms with Gasteiger partial charge in [-0.25, -0.2) is 0 Å². The van der Waals surface area contributed by atoms with Crippen molar-refractivity contribution in [3.63, 3.8) is 0 Å². The summed E-state index contributed by atoms with van der Waals surface area (Å²) in [4.78, 5) is 75.1. The van der Waals surface area contributed by atoms with Crippen LogP contribution in [0.3, 0.4) is 0 Å². The van der Waals surface area contributed by atoms with E-state index in [2.05, 4.69) is 20.8 Å². The van der Waals surface area contributed by atoms with Crippen molar-refractivity contribution in [2.45, 2.75) is 322 Å². The van der Waals surface area contributed by atoms with E-state index >= 15 is 0 Å². The Labute approximate surface area is 483 Å². The molecule has 12 heteroatoms. The van der Waals surface area contributed by atoms with Crippen LogP contribution in [0.1, 0.15) is 287 Å². The molecule has 9 aliphatic carbocycles. The number of rotatable bonds is 16. The topological polar surface area (TPSA) is 158 Å². The molecule has 0 N–H and O–H groups in total. The Balaban J connectivity index is 0.000000571. The number of hydrogen-bond acceptors (Lipinski definition) is 12. The van der Waals surface area contributed by atoms with E-state index in [9.17, 15) is 28.8 Å². The first-order chi connectivity index (χ1) is 34.6. The van der Waals surface area contributed by atoms with Gasteiger partial charge in [-0.2, -0.15) is 0 Å². The average Bonchev–Trinajstić information content (AvgIpc) is 4.27. The van der Waals surface area contributed by atoms with E-state index < -0.39 is 5.41 Å². The third kappa shape index (κ3) is 17.9. The van der Waals surface area contributed by atoms with Crippen LogP contribution in [0, 0.1) is 70.5 Å². The van der Waals surface area contributed by atoms with Crippen LogP contribution in [0.4, 0.5) is 0 Å². The predicted molar refractivity (Wildman–Crippen MR) is 319 cm³/mol. The highest BCUT2D eigenvalue weighted by molar-refractivity contribution is 5.78. The van der Waals surface area contributed by atoms with Crippen LogP contribution >= 0.6 is 0 Å². The molecular weight excluding hydrogens is 997 g/mol. The maximum Gasteiger partial charge on any atom is 0.311 e. The Morgan fingerprint density at radius 2 is 0.759 bits per heavy atom. The molecular formula is C67H122O12. The fraction of sp³-hybridized carbons (Fsp3) is 0.910. The Morgan fingerprint density at radius 3 is 1.08 bits per heavy atom. The van der Waals surface area contributed by atoms with E-state index in [-0.39, 0.29) is 163 Å². The van der Waals surface area contributed by atoms with Crippen LogP contribution in [0.2, 0.25) is 0 Å². The largest absolute Gasteiger partial charge is 0.462 e. The molecule has 9 saturated carbocycles. The molecule has 12 nitrogen and oxygen atoms in total. The van der Waals surface area contributed by atoms with Crippen LogP contribution in [-0.2, 0) is 57.2 Å². The molecule has 0 saturated heterocycles. The molecule has 9 rings (SSSR count). The van der Waals surface area contributed by atoms with Gasteiger partial charge in [-0.1, -0.05) is 98.9 Å². The van der Waals surface area contributed by atoms with Crippen molar-refractivity contribution in [1.82, 2.24) is 0 Å². The highest BCUT2D eigenvalue weighted by atomic mass is 16.6. The molecule has 462 valence electrons. The molecule has 14 unspecified atom stereocenters. The molecule has 0 aliphatic heterocycles. The quantitative estimate of drug-likeness (QED) is 0.107. The summed E-state index contributed by atoms with van der Waals surface area (Å²) < 4.78 is 35.3. The van der Waals surface area contributed by atoms with Crippen LogP contribution in [0.5, 0.6) is 0 Å². The van der Waals surface area contributed by atoms with E-state index in [0.29, 0.717) is 17.8 Å². The molecule has 0 amide bonds. The predicted octanol–water partition coefficient (Wildman–Crippen LogP) is 17.0. The lowest BCUT2D eigenvalue weighted by atomic mass is 9.82. The minimum Gasteiger partial charge on any atom is -0.462 e. The van der Waals surface area contributed by atoms with Gasteiger partial charge in [0.2, 0.25) is 0 Å². The summed E-state index contributed by atoms with van der Waals surface area (Å²) in [6.07, 6.45) is 26.8. The Morgan fingerprint density at radius 1 is 0.443 bits per heavy atom. The van der Waals surface area contributed by atoms with Gasteiger partial charge in [0.25, 0.3) is 0 Å². The summed E-state index contributed by atoms with van der Waals surface area (Å²) in [5.41, 5.74) is -1.23. The van der Waals surface area contributed by atoms with Gasteiger partial charge in [-0.15, -0.1) is 0 Å². The second kappa shape index (κ2) is 31.5. The fourth-order valence-corrected chi connectivity index (χ4v) is 14.7. The number of carbonyl (C=O) groups is 6. The molecule has 9 aliphatic rings. The Bertz CT molecular complexity index is 1910. The van der Waals surface area contributed by atoms with Gasteiger partial charge in [-0.3, -0.25) is 28.8 Å². The molecule has 0 radical (unpaired) electrons. The second-order valence-corrected chi connectivity index (χ2v) is 26.3. The van der Waals surface area contributed by atoms with Gasteiger partial charge in [0.1, 0.15) is 35.1 Å². The normalized spacial score (nSPS) is 32.1. The van der Waals surface area contributed by atoms with Crippen molar-refractivity contribution >= 4 is 35.8 Å². The molecule has 79 heavy (non-hydrogen) atoms. The standard InChI is InChI=1S/C21H34O4.2C20H32O4.6CH4/c1-4-14(3)19(22)24-18-13-15-11-16(18)17(12-15)20(23)25-21(5-2)9-7-6-8-10-21;1-5-19(2,3)18(22)23-16-12-13-10-14(16)15(11-13)17(21)24-20(4)8-6-7-9-20;1-4-13(2)18(21)23-17-12-14-10-15(17)16(11-14)19(22)24-20(3)8-6-5-7-9-20;;;;;;/h14-18H,4-13H2,1-3H3;13-16H,5-12H2,1-4H3;13-17H,4-12H2,1-3H3;6*1H4. The van der Waals surface area contributed by atoms with Crippen molar-refractivity contribution < 1.29 is 57.2 Å². The van der Waals surface area contributed by atoms with Crippen LogP contribution in [0.25, 0.3) is 0 Å². The monoisotopic (exact) mass is 1120 g/mol. The lowest BCUT2D eigenvalue weighted by molar-refractivity contribution is -0.176. The van der Waals surface area contributed by atoms with Gasteiger partial charge in [0.15, 0.2) is 0 Å². The molecule has 14 atom stereocenters. The fourth-order valence-electron chi connectivity index (χ4n) is 14.7. The minimum absolute atomic E-state index is 0. The minimum atomic E-state index is -0.449. The number of hydrogen-bond donors (Lipinski definition) is 0. The Kier molecular flexibility index (Phi) is 29.4. The van der Waals surface area contributed by atoms with E-state index in [1.54, 1.807) is 0 Å². The highest BCUT2D eigenvalue weighted by Gasteiger charge is 2.55. The molecule has 0 heterocycles. The summed E-state index contributed by atoms with van der Waals surface area (Å²) in [6, 6.07) is 0. The Hall–Kier alpha value is -3.18. The maximum absolute atomic E-state index is 12.9. The van der Waals surface area contributed by atoms with Crippen molar-refractivity contribution in [2.24, 2.45) is 70.5 Å². The van der Waals surface area contributed by atoms with E-state index in [1.807, 2.05) is 48.5 Å². The average molecular weight is 1120 g/mol.